The molecule has 0 aromatic carbocycles. The van der Waals surface area contributed by atoms with Gasteiger partial charge in [0.05, 0.1) is 13.0 Å². The second-order valence-electron chi connectivity index (χ2n) is 5.97. The highest BCUT2D eigenvalue weighted by Crippen LogP contribution is 2.21. The van der Waals surface area contributed by atoms with Gasteiger partial charge in [0.2, 0.25) is 5.91 Å². The molecule has 7 heteroatoms. The molecule has 0 saturated carbocycles. The normalized spacial score (nSPS) is 13.2. The van der Waals surface area contributed by atoms with Crippen molar-refractivity contribution < 1.29 is 14.3 Å². The molecular weight excluding hydrogens is 397 g/mol. The summed E-state index contributed by atoms with van der Waals surface area (Å²) in [7, 11) is 1.37. The van der Waals surface area contributed by atoms with Crippen LogP contribution in [0.2, 0.25) is 0 Å². The number of halogens is 3. The van der Waals surface area contributed by atoms with Gasteiger partial charge in [0.25, 0.3) is 0 Å². The topological polar surface area (TPSA) is 55.4 Å². The number of nitrogens with one attached hydrogen (secondary N) is 1. The van der Waals surface area contributed by atoms with Gasteiger partial charge in [-0.1, -0.05) is 42.7 Å². The summed E-state index contributed by atoms with van der Waals surface area (Å²) in [5.74, 6) is 4.95. The van der Waals surface area contributed by atoms with Crippen LogP contribution in [0.25, 0.3) is 0 Å². The Kier molecular flexibility index (Phi) is 15.7. The Morgan fingerprint density at radius 1 is 1.12 bits per heavy atom. The highest BCUT2D eigenvalue weighted by atomic mass is 35.5. The first-order valence-electron chi connectivity index (χ1n) is 8.79. The molecule has 0 aliphatic rings. The largest absolute Gasteiger partial charge is 0.469 e. The lowest BCUT2D eigenvalue weighted by atomic mass is 9.89. The molecule has 0 saturated heterocycles. The number of carbonyl (C=O) groups excluding carboxylic acids is 2. The maximum Gasteiger partial charge on any atom is 0.310 e. The van der Waals surface area contributed by atoms with Gasteiger partial charge in [-0.2, -0.15) is 0 Å². The monoisotopic (exact) mass is 423 g/mol. The minimum atomic E-state index is -0.373. The lowest BCUT2D eigenvalue weighted by Gasteiger charge is -2.26. The Hall–Kier alpha value is -0.890. The Bertz CT molecular complexity index is 498. The van der Waals surface area contributed by atoms with Crippen molar-refractivity contribution in [2.45, 2.75) is 69.2 Å². The van der Waals surface area contributed by atoms with E-state index in [0.717, 1.165) is 32.1 Å². The second-order valence-corrected chi connectivity index (χ2v) is 7.50. The van der Waals surface area contributed by atoms with E-state index in [4.69, 9.17) is 39.5 Å². The van der Waals surface area contributed by atoms with Crippen molar-refractivity contribution in [3.63, 3.8) is 0 Å². The predicted molar refractivity (Wildman–Crippen MR) is 108 cm³/mol. The lowest BCUT2D eigenvalue weighted by Crippen LogP contribution is -2.43. The van der Waals surface area contributed by atoms with Crippen molar-refractivity contribution in [1.82, 2.24) is 5.32 Å². The maximum atomic E-state index is 12.2. The molecule has 4 nitrogen and oxygen atoms in total. The van der Waals surface area contributed by atoms with Crippen molar-refractivity contribution in [3.05, 3.63) is 11.6 Å². The molecule has 0 radical (unpaired) electrons. The number of carbonyl (C=O) groups is 2. The van der Waals surface area contributed by atoms with Gasteiger partial charge in [0.15, 0.2) is 0 Å². The average molecular weight is 425 g/mol. The molecule has 0 bridgehead atoms. The summed E-state index contributed by atoms with van der Waals surface area (Å²) in [5, 5.41) is 2.89. The van der Waals surface area contributed by atoms with Gasteiger partial charge in [0, 0.05) is 24.9 Å². The maximum absolute atomic E-state index is 12.2. The number of rotatable bonds is 12. The first kappa shape index (κ1) is 25.1. The molecular formula is C19H28Cl3NO3. The first-order valence-corrected chi connectivity index (χ1v) is 10.1. The van der Waals surface area contributed by atoms with Crippen molar-refractivity contribution in [2.24, 2.45) is 5.92 Å². The van der Waals surface area contributed by atoms with Crippen LogP contribution in [0.5, 0.6) is 0 Å². The van der Waals surface area contributed by atoms with Crippen molar-refractivity contribution >= 4 is 46.7 Å². The number of hydrogen-bond donors (Lipinski definition) is 1. The highest BCUT2D eigenvalue weighted by Gasteiger charge is 2.29. The van der Waals surface area contributed by atoms with E-state index in [1.54, 1.807) is 6.08 Å². The van der Waals surface area contributed by atoms with Crippen LogP contribution in [0.15, 0.2) is 11.6 Å². The molecule has 0 heterocycles. The third-order valence-electron chi connectivity index (χ3n) is 3.88. The Morgan fingerprint density at radius 3 is 2.38 bits per heavy atom. The second kappa shape index (κ2) is 16.3. The van der Waals surface area contributed by atoms with E-state index in [-0.39, 0.29) is 28.7 Å². The highest BCUT2D eigenvalue weighted by molar-refractivity contribution is 6.44. The Balaban J connectivity index is 4.70. The predicted octanol–water partition coefficient (Wildman–Crippen LogP) is 4.96. The van der Waals surface area contributed by atoms with Gasteiger partial charge in [-0.25, -0.2) is 0 Å². The fourth-order valence-corrected chi connectivity index (χ4v) is 3.05. The van der Waals surface area contributed by atoms with Crippen LogP contribution in [-0.2, 0) is 14.3 Å². The van der Waals surface area contributed by atoms with E-state index in [9.17, 15) is 9.59 Å². The minimum absolute atomic E-state index is 0.160. The first-order chi connectivity index (χ1) is 12.4. The molecule has 0 aliphatic carbocycles. The average Bonchev–Trinajstić information content (AvgIpc) is 2.59. The zero-order chi connectivity index (χ0) is 19.8. The van der Waals surface area contributed by atoms with Crippen molar-refractivity contribution in [1.29, 1.82) is 0 Å². The smallest absolute Gasteiger partial charge is 0.310 e. The molecule has 148 valence electrons. The standard InChI is InChI=1S/C19H28Cl3NO3/c1-15(24)23-17(12-8-4-3-5-10-14-20)16(19(25)26-2)11-7-6-9-13-18(21)22/h10,14,16-18H,4,6-9,11-13H2,1-2H3,(H,23,24)/b14-10+/t16-,17-/m1/s1. The summed E-state index contributed by atoms with van der Waals surface area (Å²) in [6, 6.07) is -0.265. The third-order valence-corrected chi connectivity index (χ3v) is 4.44. The Labute approximate surface area is 172 Å². The van der Waals surface area contributed by atoms with E-state index in [1.165, 1.54) is 19.6 Å². The Morgan fingerprint density at radius 2 is 1.81 bits per heavy atom. The molecule has 0 fully saturated rings. The summed E-state index contributed by atoms with van der Waals surface area (Å²) < 4.78 is 4.95. The number of hydrogen-bond acceptors (Lipinski definition) is 3. The summed E-state index contributed by atoms with van der Waals surface area (Å²) in [6.07, 6.45) is 7.70. The number of alkyl halides is 2. The van der Waals surface area contributed by atoms with E-state index < -0.39 is 0 Å². The minimum Gasteiger partial charge on any atom is -0.469 e. The van der Waals surface area contributed by atoms with Crippen LogP contribution in [-0.4, -0.2) is 29.9 Å². The molecule has 0 aromatic rings. The van der Waals surface area contributed by atoms with E-state index in [0.29, 0.717) is 19.3 Å². The SMILES string of the molecule is COC(=O)[C@H](CCCCCC(Cl)Cl)[C@@H](CCCC#C/C=C/Cl)NC(C)=O. The molecule has 0 rings (SSSR count). The van der Waals surface area contributed by atoms with Crippen LogP contribution in [0, 0.1) is 17.8 Å². The summed E-state index contributed by atoms with van der Waals surface area (Å²) in [5.41, 5.74) is 1.36. The van der Waals surface area contributed by atoms with Gasteiger partial charge in [-0.05, 0) is 31.8 Å². The van der Waals surface area contributed by atoms with Gasteiger partial charge in [0.1, 0.15) is 4.84 Å². The third kappa shape index (κ3) is 13.3. The van der Waals surface area contributed by atoms with E-state index in [1.807, 2.05) is 0 Å². The number of amides is 1. The molecule has 1 N–H and O–H groups in total. The van der Waals surface area contributed by atoms with Gasteiger partial charge >= 0.3 is 5.97 Å². The van der Waals surface area contributed by atoms with E-state index in [2.05, 4.69) is 17.2 Å². The summed E-state index contributed by atoms with van der Waals surface area (Å²) in [6.45, 7) is 1.45. The fourth-order valence-electron chi connectivity index (χ4n) is 2.68. The number of methoxy groups -OCH3 is 1. The molecule has 0 spiro atoms. The van der Waals surface area contributed by atoms with Crippen LogP contribution in [0.3, 0.4) is 0 Å². The molecule has 26 heavy (non-hydrogen) atoms. The summed E-state index contributed by atoms with van der Waals surface area (Å²) >= 11 is 16.9. The zero-order valence-electron chi connectivity index (χ0n) is 15.4. The number of esters is 1. The lowest BCUT2D eigenvalue weighted by molar-refractivity contribution is -0.147. The van der Waals surface area contributed by atoms with Crippen molar-refractivity contribution in [3.8, 4) is 11.8 Å². The van der Waals surface area contributed by atoms with Crippen LogP contribution < -0.4 is 5.32 Å². The molecule has 0 aromatic heterocycles. The molecule has 0 unspecified atom stereocenters. The number of ether oxygens (including phenoxy) is 1. The molecule has 1 amide bonds. The number of unbranched alkanes of at least 4 members (excludes halogenated alkanes) is 3. The van der Waals surface area contributed by atoms with Crippen LogP contribution >= 0.6 is 34.8 Å². The van der Waals surface area contributed by atoms with Crippen molar-refractivity contribution in [2.75, 3.05) is 7.11 Å². The van der Waals surface area contributed by atoms with Crippen LogP contribution in [0.1, 0.15) is 58.3 Å². The van der Waals surface area contributed by atoms with Crippen LogP contribution in [0.4, 0.5) is 0 Å². The van der Waals surface area contributed by atoms with Gasteiger partial charge in [-0.3, -0.25) is 9.59 Å². The van der Waals surface area contributed by atoms with Gasteiger partial charge in [-0.15, -0.1) is 23.2 Å². The van der Waals surface area contributed by atoms with E-state index >= 15 is 0 Å². The molecule has 2 atom stereocenters. The van der Waals surface area contributed by atoms with Gasteiger partial charge < -0.3 is 10.1 Å². The quantitative estimate of drug-likeness (QED) is 0.208. The fraction of sp³-hybridized carbons (Fsp3) is 0.684. The zero-order valence-corrected chi connectivity index (χ0v) is 17.7. The summed E-state index contributed by atoms with van der Waals surface area (Å²) in [4.78, 5) is 23.4. The molecule has 0 aliphatic heterocycles. The number of allylic oxidation sites excluding steroid dienone is 1.